The largest absolute Gasteiger partial charge is 0.373 e. The van der Waals surface area contributed by atoms with Crippen LogP contribution in [-0.2, 0) is 27.6 Å². The van der Waals surface area contributed by atoms with E-state index in [0.717, 1.165) is 24.9 Å². The highest BCUT2D eigenvalue weighted by molar-refractivity contribution is 7.89. The first-order chi connectivity index (χ1) is 13.8. The van der Waals surface area contributed by atoms with Crippen LogP contribution in [0.5, 0.6) is 0 Å². The first-order valence-electron chi connectivity index (χ1n) is 10.0. The SMILES string of the molecule is CC1CN(S(=O)(=O)c2ccc(C(=O)Nc3ccc4c(c3)CCC4)cc2)CC(C)O1. The van der Waals surface area contributed by atoms with Crippen LogP contribution in [0.1, 0.15) is 41.8 Å². The third kappa shape index (κ3) is 4.22. The molecule has 0 aromatic heterocycles. The Morgan fingerprint density at radius 3 is 2.34 bits per heavy atom. The maximum absolute atomic E-state index is 12.9. The molecule has 2 unspecified atom stereocenters. The molecule has 2 atom stereocenters. The minimum absolute atomic E-state index is 0.147. The van der Waals surface area contributed by atoms with Crippen LogP contribution < -0.4 is 5.32 Å². The molecule has 1 amide bonds. The molecule has 1 fully saturated rings. The maximum atomic E-state index is 12.9. The number of fused-ring (bicyclic) bond motifs is 1. The van der Waals surface area contributed by atoms with E-state index in [4.69, 9.17) is 4.74 Å². The Morgan fingerprint density at radius 1 is 1.00 bits per heavy atom. The predicted molar refractivity (Wildman–Crippen MR) is 112 cm³/mol. The molecular formula is C22H26N2O4S. The number of nitrogens with zero attached hydrogens (tertiary/aromatic N) is 1. The lowest BCUT2D eigenvalue weighted by molar-refractivity contribution is -0.0440. The minimum atomic E-state index is -3.61. The fraction of sp³-hybridized carbons (Fsp3) is 0.409. The molecule has 1 saturated heterocycles. The van der Waals surface area contributed by atoms with E-state index in [-0.39, 0.29) is 23.0 Å². The van der Waals surface area contributed by atoms with Gasteiger partial charge in [-0.15, -0.1) is 0 Å². The number of anilines is 1. The van der Waals surface area contributed by atoms with Gasteiger partial charge in [-0.3, -0.25) is 4.79 Å². The Balaban J connectivity index is 1.47. The second-order valence-electron chi connectivity index (χ2n) is 7.89. The Hall–Kier alpha value is -2.22. The van der Waals surface area contributed by atoms with E-state index in [9.17, 15) is 13.2 Å². The number of carbonyl (C=O) groups excluding carboxylic acids is 1. The highest BCUT2D eigenvalue weighted by Crippen LogP contribution is 2.25. The van der Waals surface area contributed by atoms with Crippen LogP contribution in [0, 0.1) is 0 Å². The van der Waals surface area contributed by atoms with Crippen LogP contribution in [0.2, 0.25) is 0 Å². The number of nitrogens with one attached hydrogen (secondary N) is 1. The maximum Gasteiger partial charge on any atom is 0.255 e. The van der Waals surface area contributed by atoms with Gasteiger partial charge in [0, 0.05) is 24.3 Å². The summed E-state index contributed by atoms with van der Waals surface area (Å²) in [7, 11) is -3.61. The normalized spacial score (nSPS) is 22.3. The van der Waals surface area contributed by atoms with Gasteiger partial charge in [-0.1, -0.05) is 6.07 Å². The summed E-state index contributed by atoms with van der Waals surface area (Å²) < 4.78 is 32.9. The van der Waals surface area contributed by atoms with Crippen molar-refractivity contribution in [3.8, 4) is 0 Å². The van der Waals surface area contributed by atoms with E-state index < -0.39 is 10.0 Å². The number of aryl methyl sites for hydroxylation is 2. The van der Waals surface area contributed by atoms with Gasteiger partial charge in [0.15, 0.2) is 0 Å². The lowest BCUT2D eigenvalue weighted by Gasteiger charge is -2.34. The van der Waals surface area contributed by atoms with Crippen LogP contribution in [-0.4, -0.2) is 43.9 Å². The lowest BCUT2D eigenvalue weighted by Crippen LogP contribution is -2.48. The van der Waals surface area contributed by atoms with Crippen molar-refractivity contribution in [3.63, 3.8) is 0 Å². The highest BCUT2D eigenvalue weighted by atomic mass is 32.2. The molecule has 1 aliphatic carbocycles. The second-order valence-corrected chi connectivity index (χ2v) is 9.83. The van der Waals surface area contributed by atoms with Gasteiger partial charge in [0.05, 0.1) is 17.1 Å². The predicted octanol–water partition coefficient (Wildman–Crippen LogP) is 3.23. The summed E-state index contributed by atoms with van der Waals surface area (Å²) in [5, 5.41) is 2.91. The van der Waals surface area contributed by atoms with Gasteiger partial charge >= 0.3 is 0 Å². The summed E-state index contributed by atoms with van der Waals surface area (Å²) in [5.74, 6) is -0.250. The quantitative estimate of drug-likeness (QED) is 0.834. The minimum Gasteiger partial charge on any atom is -0.373 e. The van der Waals surface area contributed by atoms with E-state index in [1.165, 1.54) is 27.6 Å². The number of amides is 1. The number of benzene rings is 2. The number of ether oxygens (including phenoxy) is 1. The van der Waals surface area contributed by atoms with E-state index in [0.29, 0.717) is 18.7 Å². The zero-order valence-electron chi connectivity index (χ0n) is 16.7. The zero-order valence-corrected chi connectivity index (χ0v) is 17.5. The van der Waals surface area contributed by atoms with Gasteiger partial charge in [0.2, 0.25) is 10.0 Å². The smallest absolute Gasteiger partial charge is 0.255 e. The summed E-state index contributed by atoms with van der Waals surface area (Å²) in [6, 6.07) is 12.1. The molecule has 0 bridgehead atoms. The molecule has 1 N–H and O–H groups in total. The van der Waals surface area contributed by atoms with Crippen molar-refractivity contribution in [2.45, 2.75) is 50.2 Å². The van der Waals surface area contributed by atoms with E-state index >= 15 is 0 Å². The van der Waals surface area contributed by atoms with Crippen molar-refractivity contribution >= 4 is 21.6 Å². The molecule has 29 heavy (non-hydrogen) atoms. The molecule has 0 spiro atoms. The Bertz CT molecular complexity index is 1010. The molecule has 2 aromatic rings. The standard InChI is InChI=1S/C22H26N2O4S/c1-15-13-24(14-16(2)28-15)29(26,27)21-10-7-18(8-11-21)22(25)23-20-9-6-17-4-3-5-19(17)12-20/h6-12,15-16H,3-5,13-14H2,1-2H3,(H,23,25). The fourth-order valence-electron chi connectivity index (χ4n) is 4.11. The van der Waals surface area contributed by atoms with E-state index in [2.05, 4.69) is 11.4 Å². The molecule has 4 rings (SSSR count). The first kappa shape index (κ1) is 20.1. The first-order valence-corrected chi connectivity index (χ1v) is 11.5. The Labute approximate surface area is 171 Å². The molecule has 1 aliphatic heterocycles. The van der Waals surface area contributed by atoms with Crippen molar-refractivity contribution in [3.05, 3.63) is 59.2 Å². The number of rotatable bonds is 4. The van der Waals surface area contributed by atoms with Crippen molar-refractivity contribution in [1.82, 2.24) is 4.31 Å². The van der Waals surface area contributed by atoms with E-state index in [1.54, 1.807) is 12.1 Å². The molecule has 0 radical (unpaired) electrons. The third-order valence-electron chi connectivity index (χ3n) is 5.50. The van der Waals surface area contributed by atoms with Crippen molar-refractivity contribution in [2.75, 3.05) is 18.4 Å². The monoisotopic (exact) mass is 414 g/mol. The number of hydrogen-bond acceptors (Lipinski definition) is 4. The number of sulfonamides is 1. The van der Waals surface area contributed by atoms with Crippen LogP contribution in [0.15, 0.2) is 47.4 Å². The highest BCUT2D eigenvalue weighted by Gasteiger charge is 2.32. The summed E-state index contributed by atoms with van der Waals surface area (Å²) in [6.45, 7) is 4.38. The summed E-state index contributed by atoms with van der Waals surface area (Å²) in [6.07, 6.45) is 3.00. The van der Waals surface area contributed by atoms with Crippen LogP contribution in [0.3, 0.4) is 0 Å². The van der Waals surface area contributed by atoms with Crippen molar-refractivity contribution in [1.29, 1.82) is 0 Å². The topological polar surface area (TPSA) is 75.7 Å². The third-order valence-corrected chi connectivity index (χ3v) is 7.34. The van der Waals surface area contributed by atoms with E-state index in [1.807, 2.05) is 26.0 Å². The van der Waals surface area contributed by atoms with Gasteiger partial charge < -0.3 is 10.1 Å². The summed E-state index contributed by atoms with van der Waals surface area (Å²) >= 11 is 0. The van der Waals surface area contributed by atoms with Gasteiger partial charge in [-0.2, -0.15) is 4.31 Å². The van der Waals surface area contributed by atoms with Gasteiger partial charge in [-0.05, 0) is 80.6 Å². The molecule has 2 aliphatic rings. The molecule has 1 heterocycles. The molecular weight excluding hydrogens is 388 g/mol. The number of morpholine rings is 1. The van der Waals surface area contributed by atoms with Crippen molar-refractivity contribution < 1.29 is 17.9 Å². The van der Waals surface area contributed by atoms with Gasteiger partial charge in [0.25, 0.3) is 5.91 Å². The molecule has 7 heteroatoms. The summed E-state index contributed by atoms with van der Waals surface area (Å²) in [5.41, 5.74) is 3.83. The number of carbonyl (C=O) groups is 1. The Kier molecular flexibility index (Phi) is 5.46. The van der Waals surface area contributed by atoms with Crippen LogP contribution in [0.25, 0.3) is 0 Å². The average Bonchev–Trinajstić information content (AvgIpc) is 3.15. The number of hydrogen-bond donors (Lipinski definition) is 1. The lowest BCUT2D eigenvalue weighted by atomic mass is 10.1. The molecule has 154 valence electrons. The zero-order chi connectivity index (χ0) is 20.6. The average molecular weight is 415 g/mol. The van der Waals surface area contributed by atoms with Crippen LogP contribution in [0.4, 0.5) is 5.69 Å². The molecule has 6 nitrogen and oxygen atoms in total. The van der Waals surface area contributed by atoms with Gasteiger partial charge in [0.1, 0.15) is 0 Å². The van der Waals surface area contributed by atoms with Gasteiger partial charge in [-0.25, -0.2) is 8.42 Å². The summed E-state index contributed by atoms with van der Waals surface area (Å²) in [4.78, 5) is 12.8. The van der Waals surface area contributed by atoms with Crippen LogP contribution >= 0.6 is 0 Å². The Morgan fingerprint density at radius 2 is 1.66 bits per heavy atom. The molecule has 2 aromatic carbocycles. The second kappa shape index (κ2) is 7.89. The van der Waals surface area contributed by atoms with Crippen molar-refractivity contribution in [2.24, 2.45) is 0 Å². The fourth-order valence-corrected chi connectivity index (χ4v) is 5.70. The molecule has 0 saturated carbocycles.